The molecule has 0 N–H and O–H groups in total. The van der Waals surface area contributed by atoms with Crippen molar-refractivity contribution < 1.29 is 92.9 Å². The molecule has 0 saturated heterocycles. The summed E-state index contributed by atoms with van der Waals surface area (Å²) in [5, 5.41) is 0. The summed E-state index contributed by atoms with van der Waals surface area (Å²) in [4.78, 5) is 10.5. The van der Waals surface area contributed by atoms with E-state index in [1.807, 2.05) is 4.74 Å². The number of hydrogen-bond donors (Lipinski definition) is 0. The van der Waals surface area contributed by atoms with Gasteiger partial charge in [-0.25, -0.2) is 9.18 Å². The van der Waals surface area contributed by atoms with Gasteiger partial charge in [0.15, 0.2) is 5.76 Å². The van der Waals surface area contributed by atoms with Gasteiger partial charge in [0.25, 0.3) is 0 Å². The molecule has 22 heteroatoms. The molecule has 0 aliphatic heterocycles. The largest absolute Gasteiger partial charge is 0.518 e. The Labute approximate surface area is 172 Å². The Kier molecular flexibility index (Phi) is 7.14. The maximum absolute atomic E-state index is 14.1. The summed E-state index contributed by atoms with van der Waals surface area (Å²) in [5.41, 5.74) is 0. The number of hydrogen-bond acceptors (Lipinski definition) is 5. The molecular weight excluding hydrogens is 547 g/mol. The van der Waals surface area contributed by atoms with E-state index in [2.05, 4.69) is 8.83 Å². The Bertz CT molecular complexity index is 907. The Hall–Kier alpha value is -2.26. The summed E-state index contributed by atoms with van der Waals surface area (Å²) in [7, 11) is 0. The molecule has 0 radical (unpaired) electrons. The first-order chi connectivity index (χ1) is 14.6. The molecule has 2 atom stereocenters. The Morgan fingerprint density at radius 3 is 1.44 bits per heavy atom. The monoisotopic (exact) mass is 550 g/mol. The van der Waals surface area contributed by atoms with Crippen LogP contribution in [0.5, 0.6) is 0 Å². The highest BCUT2D eigenvalue weighted by molar-refractivity contribution is 4.99. The van der Waals surface area contributed by atoms with Crippen LogP contribution < -0.4 is 5.82 Å². The van der Waals surface area contributed by atoms with Crippen molar-refractivity contribution in [2.45, 2.75) is 54.8 Å². The minimum absolute atomic E-state index is 0.259. The van der Waals surface area contributed by atoms with E-state index in [4.69, 9.17) is 0 Å². The van der Waals surface area contributed by atoms with Gasteiger partial charge in [-0.3, -0.25) is 9.47 Å². The molecule has 1 aromatic heterocycles. The fourth-order valence-electron chi connectivity index (χ4n) is 1.72. The quantitative estimate of drug-likeness (QED) is 0.392. The van der Waals surface area contributed by atoms with Crippen molar-refractivity contribution in [3.8, 4) is 0 Å². The summed E-state index contributed by atoms with van der Waals surface area (Å²) in [6.45, 7) is 0. The van der Waals surface area contributed by atoms with Gasteiger partial charge in [-0.05, 0) is 0 Å². The Morgan fingerprint density at radius 2 is 1.12 bits per heavy atom. The second-order valence-corrected chi connectivity index (χ2v) is 5.86. The molecule has 34 heavy (non-hydrogen) atoms. The van der Waals surface area contributed by atoms with Crippen LogP contribution in [0.1, 0.15) is 5.76 Å². The van der Waals surface area contributed by atoms with Crippen LogP contribution in [-0.2, 0) is 15.9 Å². The van der Waals surface area contributed by atoms with Crippen LogP contribution in [0.2, 0.25) is 0 Å². The summed E-state index contributed by atoms with van der Waals surface area (Å²) in [5.74, 6) is -25.9. The van der Waals surface area contributed by atoms with Crippen LogP contribution in [0.3, 0.4) is 0 Å². The van der Waals surface area contributed by atoms with Crippen molar-refractivity contribution in [2.24, 2.45) is 0 Å². The van der Waals surface area contributed by atoms with Crippen LogP contribution in [0, 0.1) is 0 Å². The zero-order valence-electron chi connectivity index (χ0n) is 14.8. The summed E-state index contributed by atoms with van der Waals surface area (Å²) < 4.78 is 230. The standard InChI is InChI=1S/C12H3F17O5/c13-5(8(17,18)19,1-3-2-31-4(30)32-3)33-12(28,29)7(16,10(23,24)25)34-11(26,27)6(14,15)9(20,21)22/h2H,1H2. The third kappa shape index (κ3) is 5.20. The first-order valence-corrected chi connectivity index (χ1v) is 7.33. The zero-order chi connectivity index (χ0) is 27.4. The fraction of sp³-hybridized carbons (Fsp3) is 0.750. The van der Waals surface area contributed by atoms with Crippen molar-refractivity contribution in [1.82, 2.24) is 0 Å². The molecule has 5 nitrogen and oxygen atoms in total. The molecule has 0 aliphatic carbocycles. The minimum Gasteiger partial charge on any atom is -0.399 e. The number of rotatable bonds is 8. The van der Waals surface area contributed by atoms with Crippen molar-refractivity contribution in [3.05, 3.63) is 22.6 Å². The predicted molar refractivity (Wildman–Crippen MR) is 63.8 cm³/mol. The average Bonchev–Trinajstić information content (AvgIpc) is 2.94. The SMILES string of the molecule is O=c1occ(CC(F)(OC(F)(F)C(F)(OC(F)(F)C(F)(F)C(F)(F)F)C(F)(F)F)C(F)(F)F)o1. The highest BCUT2D eigenvalue weighted by Crippen LogP contribution is 2.56. The first-order valence-electron chi connectivity index (χ1n) is 7.33. The highest BCUT2D eigenvalue weighted by atomic mass is 19.4. The van der Waals surface area contributed by atoms with Crippen LogP contribution in [0.25, 0.3) is 0 Å². The molecular formula is C12H3F17O5. The van der Waals surface area contributed by atoms with Crippen molar-refractivity contribution in [1.29, 1.82) is 0 Å². The second kappa shape index (κ2) is 8.16. The van der Waals surface area contributed by atoms with Crippen molar-refractivity contribution in [2.75, 3.05) is 0 Å². The molecule has 0 saturated carbocycles. The Balaban J connectivity index is 3.59. The number of ether oxygens (including phenoxy) is 2. The van der Waals surface area contributed by atoms with Gasteiger partial charge in [0, 0.05) is 0 Å². The molecule has 200 valence electrons. The molecule has 1 heterocycles. The average molecular weight is 550 g/mol. The maximum Gasteiger partial charge on any atom is 0.518 e. The fourth-order valence-corrected chi connectivity index (χ4v) is 1.72. The van der Waals surface area contributed by atoms with Crippen molar-refractivity contribution >= 4 is 0 Å². The summed E-state index contributed by atoms with van der Waals surface area (Å²) in [6, 6.07) is 0. The number of halogens is 17. The molecule has 0 bridgehead atoms. The van der Waals surface area contributed by atoms with Gasteiger partial charge in [0.05, 0.1) is 6.42 Å². The van der Waals surface area contributed by atoms with E-state index in [0.717, 1.165) is 0 Å². The molecule has 0 amide bonds. The van der Waals surface area contributed by atoms with Gasteiger partial charge >= 0.3 is 54.2 Å². The lowest BCUT2D eigenvalue weighted by Crippen LogP contribution is -2.67. The number of alkyl halides is 17. The van der Waals surface area contributed by atoms with Crippen molar-refractivity contribution in [3.63, 3.8) is 0 Å². The zero-order valence-corrected chi connectivity index (χ0v) is 14.8. The lowest BCUT2D eigenvalue weighted by Gasteiger charge is -2.40. The first kappa shape index (κ1) is 29.8. The van der Waals surface area contributed by atoms with Crippen LogP contribution in [-0.4, -0.2) is 48.4 Å². The maximum atomic E-state index is 14.1. The second-order valence-electron chi connectivity index (χ2n) is 5.86. The van der Waals surface area contributed by atoms with Crippen LogP contribution in [0.15, 0.2) is 19.9 Å². The van der Waals surface area contributed by atoms with E-state index in [-0.39, 0.29) is 6.26 Å². The van der Waals surface area contributed by atoms with Gasteiger partial charge in [0.1, 0.15) is 6.26 Å². The van der Waals surface area contributed by atoms with Crippen LogP contribution in [0.4, 0.5) is 74.6 Å². The molecule has 0 fully saturated rings. The normalized spacial score (nSPS) is 18.5. The molecule has 0 aliphatic rings. The van der Waals surface area contributed by atoms with E-state index in [1.165, 1.54) is 4.74 Å². The van der Waals surface area contributed by atoms with E-state index in [9.17, 15) is 79.4 Å². The molecule has 1 rings (SSSR count). The van der Waals surface area contributed by atoms with Gasteiger partial charge in [0.2, 0.25) is 0 Å². The molecule has 0 spiro atoms. The van der Waals surface area contributed by atoms with Gasteiger partial charge in [-0.1, -0.05) is 0 Å². The van der Waals surface area contributed by atoms with Gasteiger partial charge in [-0.2, -0.15) is 70.2 Å². The molecule has 0 aromatic carbocycles. The topological polar surface area (TPSA) is 61.8 Å². The van der Waals surface area contributed by atoms with Crippen LogP contribution >= 0.6 is 0 Å². The minimum atomic E-state index is -7.97. The summed E-state index contributed by atoms with van der Waals surface area (Å²) in [6.07, 6.45) is -41.3. The van der Waals surface area contributed by atoms with E-state index >= 15 is 0 Å². The van der Waals surface area contributed by atoms with E-state index < -0.39 is 66.4 Å². The lowest BCUT2D eigenvalue weighted by molar-refractivity contribution is -0.552. The smallest absolute Gasteiger partial charge is 0.399 e. The van der Waals surface area contributed by atoms with Gasteiger partial charge in [-0.15, -0.1) is 0 Å². The summed E-state index contributed by atoms with van der Waals surface area (Å²) >= 11 is 0. The third-order valence-electron chi connectivity index (χ3n) is 3.35. The Morgan fingerprint density at radius 1 is 0.647 bits per heavy atom. The molecule has 2 unspecified atom stereocenters. The molecule has 1 aromatic rings. The lowest BCUT2D eigenvalue weighted by atomic mass is 10.1. The van der Waals surface area contributed by atoms with Gasteiger partial charge < -0.3 is 8.83 Å². The predicted octanol–water partition coefficient (Wildman–Crippen LogP) is 5.65. The third-order valence-corrected chi connectivity index (χ3v) is 3.35. The van der Waals surface area contributed by atoms with E-state index in [1.54, 1.807) is 0 Å². The highest BCUT2D eigenvalue weighted by Gasteiger charge is 2.85. The van der Waals surface area contributed by atoms with E-state index in [0.29, 0.717) is 0 Å².